The zero-order chi connectivity index (χ0) is 19.0. The van der Waals surface area contributed by atoms with Gasteiger partial charge in [-0.2, -0.15) is 0 Å². The molecule has 4 rings (SSSR count). The second-order valence-electron chi connectivity index (χ2n) is 7.33. The van der Waals surface area contributed by atoms with Crippen LogP contribution in [-0.2, 0) is 0 Å². The number of rotatable bonds is 4. The summed E-state index contributed by atoms with van der Waals surface area (Å²) in [6.45, 7) is 0. The van der Waals surface area contributed by atoms with Crippen molar-refractivity contribution in [2.75, 3.05) is 19.1 Å². The first-order valence-corrected chi connectivity index (χ1v) is 9.35. The van der Waals surface area contributed by atoms with Crippen LogP contribution in [-0.4, -0.2) is 32.1 Å². The Balaban J connectivity index is 1.74. The zero-order valence-electron chi connectivity index (χ0n) is 15.6. The summed E-state index contributed by atoms with van der Waals surface area (Å²) in [5.74, 6) is 0.267. The van der Waals surface area contributed by atoms with E-state index in [9.17, 15) is 9.18 Å². The summed E-state index contributed by atoms with van der Waals surface area (Å²) >= 11 is 0. The Morgan fingerprint density at radius 1 is 1.11 bits per heavy atom. The number of quaternary nitrogens is 1. The van der Waals surface area contributed by atoms with E-state index < -0.39 is 0 Å². The first-order chi connectivity index (χ1) is 13.1. The fourth-order valence-corrected chi connectivity index (χ4v) is 4.20. The second-order valence-corrected chi connectivity index (χ2v) is 7.33. The number of ether oxygens (including phenoxy) is 1. The molecule has 0 saturated carbocycles. The Labute approximate surface area is 158 Å². The van der Waals surface area contributed by atoms with Gasteiger partial charge in [-0.25, -0.2) is 4.39 Å². The Hall–Kier alpha value is -2.66. The molecule has 0 spiro atoms. The highest BCUT2D eigenvalue weighted by Crippen LogP contribution is 2.31. The second kappa shape index (κ2) is 7.16. The number of halogens is 1. The van der Waals surface area contributed by atoms with Gasteiger partial charge in [0, 0.05) is 36.2 Å². The number of anilines is 1. The van der Waals surface area contributed by atoms with Gasteiger partial charge in [-0.3, -0.25) is 9.69 Å². The van der Waals surface area contributed by atoms with Crippen LogP contribution in [0.25, 0.3) is 0 Å². The molecule has 0 aromatic heterocycles. The lowest BCUT2D eigenvalue weighted by molar-refractivity contribution is -0.911. The van der Waals surface area contributed by atoms with Crippen molar-refractivity contribution in [2.45, 2.75) is 31.3 Å². The fourth-order valence-electron chi connectivity index (χ4n) is 4.20. The van der Waals surface area contributed by atoms with Crippen molar-refractivity contribution < 1.29 is 18.8 Å². The SMILES string of the molecule is COc1ccc(N(C(=O)c2ccc(F)cc2)C2=C[C@H]3CC[C@@H](C2)[NH+]3C)cc1. The maximum Gasteiger partial charge on any atom is 0.262 e. The molecule has 140 valence electrons. The monoisotopic (exact) mass is 367 g/mol. The Morgan fingerprint density at radius 3 is 2.44 bits per heavy atom. The quantitative estimate of drug-likeness (QED) is 0.902. The standard InChI is InChI=1S/C22H23FN2O2/c1-24-18-7-8-19(24)14-20(13-18)25(17-9-11-21(27-2)12-10-17)22(26)15-3-5-16(23)6-4-15/h3-6,9-13,18-19H,7-8,14H2,1-2H3/p+1/t18-,19+/m1/s1. The number of nitrogens with zero attached hydrogens (tertiary/aromatic N) is 1. The van der Waals surface area contributed by atoms with E-state index in [-0.39, 0.29) is 11.7 Å². The summed E-state index contributed by atoms with van der Waals surface area (Å²) in [6, 6.07) is 14.2. The Bertz CT molecular complexity index is 861. The van der Waals surface area contributed by atoms with Gasteiger partial charge in [0.15, 0.2) is 0 Å². The van der Waals surface area contributed by atoms with Crippen LogP contribution in [0.1, 0.15) is 29.6 Å². The predicted octanol–water partition coefficient (Wildman–Crippen LogP) is 2.81. The van der Waals surface area contributed by atoms with Gasteiger partial charge in [-0.15, -0.1) is 0 Å². The molecule has 1 saturated heterocycles. The molecule has 1 N–H and O–H groups in total. The molecule has 3 atom stereocenters. The molecular weight excluding hydrogens is 343 g/mol. The van der Waals surface area contributed by atoms with Crippen molar-refractivity contribution in [1.29, 1.82) is 0 Å². The summed E-state index contributed by atoms with van der Waals surface area (Å²) in [4.78, 5) is 16.7. The number of methoxy groups -OCH3 is 1. The van der Waals surface area contributed by atoms with Gasteiger partial charge < -0.3 is 9.64 Å². The van der Waals surface area contributed by atoms with Crippen molar-refractivity contribution in [2.24, 2.45) is 0 Å². The van der Waals surface area contributed by atoms with E-state index in [4.69, 9.17) is 4.74 Å². The third-order valence-corrected chi connectivity index (χ3v) is 5.82. The summed E-state index contributed by atoms with van der Waals surface area (Å²) in [7, 11) is 3.85. The number of hydrogen-bond acceptors (Lipinski definition) is 2. The number of amides is 1. The Kier molecular flexibility index (Phi) is 4.70. The third-order valence-electron chi connectivity index (χ3n) is 5.82. The van der Waals surface area contributed by atoms with Crippen LogP contribution in [0.2, 0.25) is 0 Å². The minimum absolute atomic E-state index is 0.134. The van der Waals surface area contributed by atoms with E-state index in [1.54, 1.807) is 24.1 Å². The van der Waals surface area contributed by atoms with Gasteiger partial charge in [0.25, 0.3) is 5.91 Å². The number of likely N-dealkylation sites (N-methyl/N-ethyl adjacent to an activating group) is 1. The molecule has 2 aromatic carbocycles. The molecule has 2 aliphatic rings. The minimum Gasteiger partial charge on any atom is -0.497 e. The number of hydrogen-bond donors (Lipinski definition) is 1. The molecule has 1 fully saturated rings. The number of carbonyl (C=O) groups excluding carboxylic acids is 1. The van der Waals surface area contributed by atoms with Gasteiger partial charge in [0.1, 0.15) is 17.6 Å². The van der Waals surface area contributed by atoms with Gasteiger partial charge in [-0.05, 0) is 54.6 Å². The molecule has 1 unspecified atom stereocenters. The number of benzene rings is 2. The van der Waals surface area contributed by atoms with Crippen molar-refractivity contribution in [3.05, 3.63) is 71.7 Å². The predicted molar refractivity (Wildman–Crippen MR) is 103 cm³/mol. The van der Waals surface area contributed by atoms with Crippen LogP contribution in [0, 0.1) is 5.82 Å². The molecule has 0 radical (unpaired) electrons. The van der Waals surface area contributed by atoms with Crippen molar-refractivity contribution in [3.8, 4) is 5.75 Å². The summed E-state index contributed by atoms with van der Waals surface area (Å²) in [5, 5.41) is 0. The summed E-state index contributed by atoms with van der Waals surface area (Å²) in [5.41, 5.74) is 2.31. The van der Waals surface area contributed by atoms with Gasteiger partial charge >= 0.3 is 0 Å². The fraction of sp³-hybridized carbons (Fsp3) is 0.318. The highest BCUT2D eigenvalue weighted by molar-refractivity contribution is 6.08. The van der Waals surface area contributed by atoms with Crippen molar-refractivity contribution in [3.63, 3.8) is 0 Å². The third kappa shape index (κ3) is 3.35. The number of carbonyl (C=O) groups is 1. The number of fused-ring (bicyclic) bond motifs is 2. The van der Waals surface area contributed by atoms with Gasteiger partial charge in [0.05, 0.1) is 20.2 Å². The van der Waals surface area contributed by atoms with E-state index >= 15 is 0 Å². The molecule has 2 aromatic rings. The van der Waals surface area contributed by atoms with E-state index in [0.29, 0.717) is 17.6 Å². The normalized spacial score (nSPS) is 23.7. The van der Waals surface area contributed by atoms with Crippen LogP contribution in [0.4, 0.5) is 10.1 Å². The maximum atomic E-state index is 13.4. The van der Waals surface area contributed by atoms with E-state index in [1.165, 1.54) is 23.5 Å². The zero-order valence-corrected chi connectivity index (χ0v) is 15.6. The Morgan fingerprint density at radius 2 is 1.81 bits per heavy atom. The highest BCUT2D eigenvalue weighted by atomic mass is 19.1. The lowest BCUT2D eigenvalue weighted by Gasteiger charge is -2.33. The topological polar surface area (TPSA) is 34.0 Å². The summed E-state index contributed by atoms with van der Waals surface area (Å²) < 4.78 is 18.6. The van der Waals surface area contributed by atoms with Crippen molar-refractivity contribution in [1.82, 2.24) is 0 Å². The average Bonchev–Trinajstić information content (AvgIpc) is 2.90. The molecular formula is C22H24FN2O2+. The van der Waals surface area contributed by atoms with Crippen LogP contribution < -0.4 is 14.5 Å². The largest absolute Gasteiger partial charge is 0.497 e. The first-order valence-electron chi connectivity index (χ1n) is 9.35. The molecule has 2 bridgehead atoms. The molecule has 4 nitrogen and oxygen atoms in total. The van der Waals surface area contributed by atoms with E-state index in [0.717, 1.165) is 30.0 Å². The van der Waals surface area contributed by atoms with Crippen molar-refractivity contribution >= 4 is 11.6 Å². The van der Waals surface area contributed by atoms with Gasteiger partial charge in [0.2, 0.25) is 0 Å². The molecule has 27 heavy (non-hydrogen) atoms. The minimum atomic E-state index is -0.345. The molecule has 2 heterocycles. The van der Waals surface area contributed by atoms with Crippen LogP contribution >= 0.6 is 0 Å². The molecule has 5 heteroatoms. The van der Waals surface area contributed by atoms with Gasteiger partial charge in [-0.1, -0.05) is 0 Å². The smallest absolute Gasteiger partial charge is 0.262 e. The lowest BCUT2D eigenvalue weighted by atomic mass is 10.0. The van der Waals surface area contributed by atoms with E-state index in [1.807, 2.05) is 24.3 Å². The van der Waals surface area contributed by atoms with Crippen LogP contribution in [0.3, 0.4) is 0 Å². The van der Waals surface area contributed by atoms with Crippen LogP contribution in [0.15, 0.2) is 60.3 Å². The first kappa shape index (κ1) is 17.7. The number of nitrogens with one attached hydrogen (secondary N) is 1. The summed E-state index contributed by atoms with van der Waals surface area (Å²) in [6.07, 6.45) is 5.44. The maximum absolute atomic E-state index is 13.4. The highest BCUT2D eigenvalue weighted by Gasteiger charge is 2.40. The molecule has 2 aliphatic heterocycles. The lowest BCUT2D eigenvalue weighted by Crippen LogP contribution is -3.14. The average molecular weight is 367 g/mol. The van der Waals surface area contributed by atoms with E-state index in [2.05, 4.69) is 13.1 Å². The van der Waals surface area contributed by atoms with Crippen LogP contribution in [0.5, 0.6) is 5.75 Å². The molecule has 1 amide bonds. The molecule has 0 aliphatic carbocycles.